The molecule has 1 aromatic carbocycles. The molecule has 1 N–H and O–H groups in total. The normalized spacial score (nSPS) is 16.4. The van der Waals surface area contributed by atoms with Crippen molar-refractivity contribution >= 4 is 6.03 Å². The SMILES string of the molecule is COCNC(=O)N1CCC(Cc2ccccc2)CC1. The number of carbonyl (C=O) groups is 1. The summed E-state index contributed by atoms with van der Waals surface area (Å²) in [6.07, 6.45) is 3.28. The Morgan fingerprint density at radius 3 is 2.63 bits per heavy atom. The molecule has 2 rings (SSSR count). The van der Waals surface area contributed by atoms with E-state index in [1.54, 1.807) is 7.11 Å². The summed E-state index contributed by atoms with van der Waals surface area (Å²) in [7, 11) is 1.58. The van der Waals surface area contributed by atoms with Crippen LogP contribution in [0.15, 0.2) is 30.3 Å². The number of nitrogens with zero attached hydrogens (tertiary/aromatic N) is 1. The van der Waals surface area contributed by atoms with Crippen molar-refractivity contribution in [3.8, 4) is 0 Å². The summed E-state index contributed by atoms with van der Waals surface area (Å²) in [5, 5.41) is 2.73. The number of likely N-dealkylation sites (tertiary alicyclic amines) is 1. The molecule has 0 aromatic heterocycles. The number of urea groups is 1. The lowest BCUT2D eigenvalue weighted by atomic mass is 9.90. The lowest BCUT2D eigenvalue weighted by Crippen LogP contribution is -2.45. The van der Waals surface area contributed by atoms with Crippen LogP contribution in [0.3, 0.4) is 0 Å². The second-order valence-electron chi connectivity index (χ2n) is 5.04. The first-order valence-electron chi connectivity index (χ1n) is 6.85. The third-order valence-corrected chi connectivity index (χ3v) is 3.64. The summed E-state index contributed by atoms with van der Waals surface area (Å²) in [5.41, 5.74) is 1.39. The van der Waals surface area contributed by atoms with Gasteiger partial charge >= 0.3 is 6.03 Å². The van der Waals surface area contributed by atoms with Crippen LogP contribution in [0, 0.1) is 5.92 Å². The number of hydrogen-bond acceptors (Lipinski definition) is 2. The molecule has 0 atom stereocenters. The summed E-state index contributed by atoms with van der Waals surface area (Å²) < 4.78 is 4.84. The van der Waals surface area contributed by atoms with E-state index in [9.17, 15) is 4.79 Å². The minimum Gasteiger partial charge on any atom is -0.364 e. The smallest absolute Gasteiger partial charge is 0.319 e. The summed E-state index contributed by atoms with van der Waals surface area (Å²) in [6.45, 7) is 1.96. The predicted octanol–water partition coefficient (Wildman–Crippen LogP) is 2.25. The zero-order valence-corrected chi connectivity index (χ0v) is 11.5. The van der Waals surface area contributed by atoms with Crippen LogP contribution in [0.4, 0.5) is 4.79 Å². The Kier molecular flexibility index (Phi) is 5.21. The molecule has 1 aliphatic heterocycles. The minimum atomic E-state index is -0.0139. The van der Waals surface area contributed by atoms with E-state index >= 15 is 0 Å². The van der Waals surface area contributed by atoms with Crippen molar-refractivity contribution in [1.82, 2.24) is 10.2 Å². The predicted molar refractivity (Wildman–Crippen MR) is 74.9 cm³/mol. The van der Waals surface area contributed by atoms with Crippen molar-refractivity contribution in [1.29, 1.82) is 0 Å². The number of benzene rings is 1. The Bertz CT molecular complexity index is 386. The fraction of sp³-hybridized carbons (Fsp3) is 0.533. The van der Waals surface area contributed by atoms with Crippen molar-refractivity contribution in [2.24, 2.45) is 5.92 Å². The first-order chi connectivity index (χ1) is 9.29. The molecule has 1 aromatic rings. The van der Waals surface area contributed by atoms with Gasteiger partial charge in [-0.15, -0.1) is 0 Å². The molecule has 0 saturated carbocycles. The Labute approximate surface area is 114 Å². The fourth-order valence-electron chi connectivity index (χ4n) is 2.53. The van der Waals surface area contributed by atoms with Crippen molar-refractivity contribution in [3.05, 3.63) is 35.9 Å². The first kappa shape index (κ1) is 13.9. The van der Waals surface area contributed by atoms with E-state index in [0.29, 0.717) is 5.92 Å². The second-order valence-corrected chi connectivity index (χ2v) is 5.04. The minimum absolute atomic E-state index is 0.0139. The number of amides is 2. The average molecular weight is 262 g/mol. The number of piperidine rings is 1. The summed E-state index contributed by atoms with van der Waals surface area (Å²) in [5.74, 6) is 0.689. The molecule has 1 fully saturated rings. The fourth-order valence-corrected chi connectivity index (χ4v) is 2.53. The quantitative estimate of drug-likeness (QED) is 0.846. The largest absolute Gasteiger partial charge is 0.364 e. The lowest BCUT2D eigenvalue weighted by Gasteiger charge is -2.32. The van der Waals surface area contributed by atoms with Gasteiger partial charge in [-0.2, -0.15) is 0 Å². The van der Waals surface area contributed by atoms with Crippen LogP contribution < -0.4 is 5.32 Å². The van der Waals surface area contributed by atoms with Gasteiger partial charge < -0.3 is 15.0 Å². The molecule has 0 bridgehead atoms. The molecule has 19 heavy (non-hydrogen) atoms. The van der Waals surface area contributed by atoms with Gasteiger partial charge in [0.05, 0.1) is 0 Å². The standard InChI is InChI=1S/C15H22N2O2/c1-19-12-16-15(18)17-9-7-14(8-10-17)11-13-5-3-2-4-6-13/h2-6,14H,7-12H2,1H3,(H,16,18). The number of rotatable bonds is 4. The monoisotopic (exact) mass is 262 g/mol. The first-order valence-corrected chi connectivity index (χ1v) is 6.85. The van der Waals surface area contributed by atoms with Gasteiger partial charge in [-0.25, -0.2) is 4.79 Å². The second kappa shape index (κ2) is 7.14. The summed E-state index contributed by atoms with van der Waals surface area (Å²) in [4.78, 5) is 13.6. The number of hydrogen-bond donors (Lipinski definition) is 1. The number of carbonyl (C=O) groups excluding carboxylic acids is 1. The summed E-state index contributed by atoms with van der Waals surface area (Å²) >= 11 is 0. The molecule has 1 aliphatic rings. The van der Waals surface area contributed by atoms with Gasteiger partial charge in [0.15, 0.2) is 0 Å². The molecule has 0 unspecified atom stereocenters. The molecule has 0 aliphatic carbocycles. The van der Waals surface area contributed by atoms with Gasteiger partial charge in [-0.1, -0.05) is 30.3 Å². The van der Waals surface area contributed by atoms with Crippen molar-refractivity contribution in [2.45, 2.75) is 19.3 Å². The summed E-state index contributed by atoms with van der Waals surface area (Å²) in [6, 6.07) is 10.6. The van der Waals surface area contributed by atoms with Gasteiger partial charge in [0.25, 0.3) is 0 Å². The Morgan fingerprint density at radius 1 is 1.32 bits per heavy atom. The molecule has 0 radical (unpaired) electrons. The van der Waals surface area contributed by atoms with Crippen molar-refractivity contribution in [3.63, 3.8) is 0 Å². The maximum absolute atomic E-state index is 11.8. The van der Waals surface area contributed by atoms with Crippen molar-refractivity contribution < 1.29 is 9.53 Å². The van der Waals surface area contributed by atoms with Crippen LogP contribution in [0.1, 0.15) is 18.4 Å². The molecule has 104 valence electrons. The molecule has 1 saturated heterocycles. The zero-order chi connectivity index (χ0) is 13.5. The van der Waals surface area contributed by atoms with Gasteiger partial charge in [-0.05, 0) is 30.7 Å². The van der Waals surface area contributed by atoms with E-state index in [2.05, 4.69) is 29.6 Å². The number of methoxy groups -OCH3 is 1. The molecule has 0 spiro atoms. The van der Waals surface area contributed by atoms with E-state index < -0.39 is 0 Å². The Morgan fingerprint density at radius 2 is 2.00 bits per heavy atom. The highest BCUT2D eigenvalue weighted by Gasteiger charge is 2.22. The van der Waals surface area contributed by atoms with E-state index in [0.717, 1.165) is 32.4 Å². The maximum Gasteiger partial charge on any atom is 0.319 e. The highest BCUT2D eigenvalue weighted by atomic mass is 16.5. The van der Waals surface area contributed by atoms with Crippen LogP contribution in [0.2, 0.25) is 0 Å². The molecule has 4 heteroatoms. The van der Waals surface area contributed by atoms with E-state index in [1.807, 2.05) is 11.0 Å². The topological polar surface area (TPSA) is 41.6 Å². The van der Waals surface area contributed by atoms with Crippen LogP contribution in [-0.2, 0) is 11.2 Å². The zero-order valence-electron chi connectivity index (χ0n) is 11.5. The lowest BCUT2D eigenvalue weighted by molar-refractivity contribution is 0.140. The van der Waals surface area contributed by atoms with Gasteiger partial charge in [0.1, 0.15) is 6.73 Å². The van der Waals surface area contributed by atoms with Crippen LogP contribution >= 0.6 is 0 Å². The van der Waals surface area contributed by atoms with Crippen LogP contribution in [0.5, 0.6) is 0 Å². The Hall–Kier alpha value is -1.55. The molecule has 1 heterocycles. The third kappa shape index (κ3) is 4.24. The van der Waals surface area contributed by atoms with Gasteiger partial charge in [0, 0.05) is 20.2 Å². The number of nitrogens with one attached hydrogen (secondary N) is 1. The highest BCUT2D eigenvalue weighted by Crippen LogP contribution is 2.21. The van der Waals surface area contributed by atoms with Gasteiger partial charge in [0.2, 0.25) is 0 Å². The number of ether oxygens (including phenoxy) is 1. The van der Waals surface area contributed by atoms with E-state index in [4.69, 9.17) is 4.74 Å². The van der Waals surface area contributed by atoms with E-state index in [-0.39, 0.29) is 12.8 Å². The van der Waals surface area contributed by atoms with Crippen LogP contribution in [-0.4, -0.2) is 37.9 Å². The van der Waals surface area contributed by atoms with E-state index in [1.165, 1.54) is 5.56 Å². The van der Waals surface area contributed by atoms with Crippen molar-refractivity contribution in [2.75, 3.05) is 26.9 Å². The molecular formula is C15H22N2O2. The third-order valence-electron chi connectivity index (χ3n) is 3.64. The molecule has 4 nitrogen and oxygen atoms in total. The maximum atomic E-state index is 11.8. The molecule has 2 amide bonds. The van der Waals surface area contributed by atoms with Crippen LogP contribution in [0.25, 0.3) is 0 Å². The van der Waals surface area contributed by atoms with Gasteiger partial charge in [-0.3, -0.25) is 0 Å². The average Bonchev–Trinajstić information content (AvgIpc) is 2.46. The Balaban J connectivity index is 1.75. The molecular weight excluding hydrogens is 240 g/mol. The highest BCUT2D eigenvalue weighted by molar-refractivity contribution is 5.74.